The van der Waals surface area contributed by atoms with Gasteiger partial charge in [-0.25, -0.2) is 0 Å². The van der Waals surface area contributed by atoms with Crippen LogP contribution in [0.1, 0.15) is 30.0 Å². The number of nitrogens with zero attached hydrogens (tertiary/aromatic N) is 2. The number of amides is 2. The van der Waals surface area contributed by atoms with Crippen LogP contribution in [0.3, 0.4) is 0 Å². The van der Waals surface area contributed by atoms with Crippen LogP contribution in [-0.4, -0.2) is 35.9 Å². The molecule has 0 radical (unpaired) electrons. The fraction of sp³-hybridized carbons (Fsp3) is 0.348. The zero-order valence-electron chi connectivity index (χ0n) is 18.2. The van der Waals surface area contributed by atoms with Gasteiger partial charge < -0.3 is 15.0 Å². The molecule has 2 aromatic rings. The monoisotopic (exact) mass is 439 g/mol. The Bertz CT molecular complexity index is 1060. The van der Waals surface area contributed by atoms with Crippen molar-refractivity contribution in [1.82, 2.24) is 0 Å². The summed E-state index contributed by atoms with van der Waals surface area (Å²) in [5.74, 6) is -2.22. The summed E-state index contributed by atoms with van der Waals surface area (Å²) in [6, 6.07) is 10.4. The van der Waals surface area contributed by atoms with Gasteiger partial charge in [0.2, 0.25) is 5.91 Å². The Morgan fingerprint density at radius 1 is 1.19 bits per heavy atom. The Morgan fingerprint density at radius 2 is 1.84 bits per heavy atom. The Kier molecular flexibility index (Phi) is 6.87. The van der Waals surface area contributed by atoms with E-state index in [0.717, 1.165) is 23.1 Å². The van der Waals surface area contributed by atoms with E-state index < -0.39 is 29.3 Å². The summed E-state index contributed by atoms with van der Waals surface area (Å²) >= 11 is 0. The standard InChI is InChI=1S/C23H25N3O6/c1-4-16-5-7-18(8-6-16)25-12-17(11-22(25)28)23(29)32-13-21(27)24-19-9-14(2)15(3)10-20(19)26(30)31/h5-10,17H,4,11-13H2,1-3H3,(H,24,27). The van der Waals surface area contributed by atoms with E-state index in [1.807, 2.05) is 31.2 Å². The van der Waals surface area contributed by atoms with E-state index >= 15 is 0 Å². The average molecular weight is 439 g/mol. The third-order valence-corrected chi connectivity index (χ3v) is 5.54. The summed E-state index contributed by atoms with van der Waals surface area (Å²) in [5, 5.41) is 13.7. The van der Waals surface area contributed by atoms with Gasteiger partial charge in [-0.1, -0.05) is 19.1 Å². The highest BCUT2D eigenvalue weighted by atomic mass is 16.6. The number of carbonyl (C=O) groups is 3. The molecule has 1 aliphatic rings. The first kappa shape index (κ1) is 22.9. The third kappa shape index (κ3) is 5.11. The fourth-order valence-corrected chi connectivity index (χ4v) is 3.52. The average Bonchev–Trinajstić information content (AvgIpc) is 3.16. The van der Waals surface area contributed by atoms with Crippen LogP contribution < -0.4 is 10.2 Å². The second kappa shape index (κ2) is 9.59. The first-order valence-corrected chi connectivity index (χ1v) is 10.3. The van der Waals surface area contributed by atoms with Gasteiger partial charge in [0.25, 0.3) is 11.6 Å². The smallest absolute Gasteiger partial charge is 0.311 e. The van der Waals surface area contributed by atoms with Gasteiger partial charge >= 0.3 is 5.97 Å². The van der Waals surface area contributed by atoms with Crippen LogP contribution in [0.25, 0.3) is 0 Å². The van der Waals surface area contributed by atoms with Gasteiger partial charge in [-0.05, 0) is 55.2 Å². The van der Waals surface area contributed by atoms with E-state index in [4.69, 9.17) is 4.74 Å². The summed E-state index contributed by atoms with van der Waals surface area (Å²) in [6.45, 7) is 5.12. The van der Waals surface area contributed by atoms with Crippen LogP contribution in [0.4, 0.5) is 17.1 Å². The molecule has 1 unspecified atom stereocenters. The minimum atomic E-state index is -0.693. The SMILES string of the molecule is CCc1ccc(N2CC(C(=O)OCC(=O)Nc3cc(C)c(C)cc3[N+](=O)[O-])CC2=O)cc1. The minimum Gasteiger partial charge on any atom is -0.455 e. The molecule has 1 heterocycles. The minimum absolute atomic E-state index is 0.00138. The quantitative estimate of drug-likeness (QED) is 0.402. The van der Waals surface area contributed by atoms with Crippen LogP contribution in [0, 0.1) is 29.9 Å². The van der Waals surface area contributed by atoms with E-state index in [1.54, 1.807) is 13.8 Å². The molecule has 9 nitrogen and oxygen atoms in total. The van der Waals surface area contributed by atoms with Gasteiger partial charge in [0, 0.05) is 24.7 Å². The van der Waals surface area contributed by atoms with Crippen molar-refractivity contribution in [3.63, 3.8) is 0 Å². The number of rotatable bonds is 7. The number of esters is 1. The number of nitrogens with one attached hydrogen (secondary N) is 1. The topological polar surface area (TPSA) is 119 Å². The van der Waals surface area contributed by atoms with Crippen LogP contribution >= 0.6 is 0 Å². The van der Waals surface area contributed by atoms with Crippen molar-refractivity contribution < 1.29 is 24.0 Å². The lowest BCUT2D eigenvalue weighted by molar-refractivity contribution is -0.384. The summed E-state index contributed by atoms with van der Waals surface area (Å²) in [7, 11) is 0. The van der Waals surface area contributed by atoms with Crippen molar-refractivity contribution >= 4 is 34.8 Å². The zero-order chi connectivity index (χ0) is 23.4. The molecule has 168 valence electrons. The molecule has 2 amide bonds. The molecule has 0 saturated carbocycles. The van der Waals surface area contributed by atoms with Crippen molar-refractivity contribution in [1.29, 1.82) is 0 Å². The Morgan fingerprint density at radius 3 is 2.47 bits per heavy atom. The molecular formula is C23H25N3O6. The Hall–Kier alpha value is -3.75. The highest BCUT2D eigenvalue weighted by Crippen LogP contribution is 2.28. The lowest BCUT2D eigenvalue weighted by atomic mass is 10.1. The van der Waals surface area contributed by atoms with Gasteiger partial charge in [0.05, 0.1) is 10.8 Å². The molecule has 1 aliphatic heterocycles. The normalized spacial score (nSPS) is 15.5. The Labute approximate surface area is 185 Å². The molecule has 1 fully saturated rings. The summed E-state index contributed by atoms with van der Waals surface area (Å²) < 4.78 is 5.08. The second-order valence-electron chi connectivity index (χ2n) is 7.79. The van der Waals surface area contributed by atoms with Crippen LogP contribution in [0.2, 0.25) is 0 Å². The third-order valence-electron chi connectivity index (χ3n) is 5.54. The molecule has 0 spiro atoms. The molecule has 2 aromatic carbocycles. The zero-order valence-corrected chi connectivity index (χ0v) is 18.2. The second-order valence-corrected chi connectivity index (χ2v) is 7.79. The number of carbonyl (C=O) groups excluding carboxylic acids is 3. The van der Waals surface area contributed by atoms with Gasteiger partial charge in [-0.2, -0.15) is 0 Å². The molecule has 0 aliphatic carbocycles. The van der Waals surface area contributed by atoms with Crippen LogP contribution in [-0.2, 0) is 25.5 Å². The van der Waals surface area contributed by atoms with E-state index in [-0.39, 0.29) is 30.2 Å². The maximum Gasteiger partial charge on any atom is 0.311 e. The van der Waals surface area contributed by atoms with Gasteiger partial charge in [0.1, 0.15) is 5.69 Å². The Balaban J connectivity index is 1.58. The predicted molar refractivity (Wildman–Crippen MR) is 118 cm³/mol. The van der Waals surface area contributed by atoms with Gasteiger partial charge in [0.15, 0.2) is 6.61 Å². The van der Waals surface area contributed by atoms with Crippen molar-refractivity contribution in [2.24, 2.45) is 5.92 Å². The number of hydrogen-bond donors (Lipinski definition) is 1. The number of aryl methyl sites for hydroxylation is 3. The molecule has 3 rings (SSSR count). The highest BCUT2D eigenvalue weighted by molar-refractivity contribution is 6.00. The summed E-state index contributed by atoms with van der Waals surface area (Å²) in [4.78, 5) is 49.2. The molecule has 9 heteroatoms. The summed E-state index contributed by atoms with van der Waals surface area (Å²) in [5.41, 5.74) is 3.16. The number of hydrogen-bond acceptors (Lipinski definition) is 6. The molecule has 1 saturated heterocycles. The number of anilines is 2. The fourth-order valence-electron chi connectivity index (χ4n) is 3.52. The molecule has 1 N–H and O–H groups in total. The van der Waals surface area contributed by atoms with E-state index in [0.29, 0.717) is 5.69 Å². The molecular weight excluding hydrogens is 414 g/mol. The van der Waals surface area contributed by atoms with E-state index in [2.05, 4.69) is 5.32 Å². The predicted octanol–water partition coefficient (Wildman–Crippen LogP) is 3.31. The first-order chi connectivity index (χ1) is 15.2. The van der Waals surface area contributed by atoms with E-state index in [9.17, 15) is 24.5 Å². The van der Waals surface area contributed by atoms with Gasteiger partial charge in [-0.3, -0.25) is 24.5 Å². The molecule has 32 heavy (non-hydrogen) atoms. The summed E-state index contributed by atoms with van der Waals surface area (Å²) in [6.07, 6.45) is 0.884. The number of benzene rings is 2. The lowest BCUT2D eigenvalue weighted by Crippen LogP contribution is -2.28. The van der Waals surface area contributed by atoms with E-state index in [1.165, 1.54) is 17.0 Å². The van der Waals surface area contributed by atoms with Crippen LogP contribution in [0.15, 0.2) is 36.4 Å². The first-order valence-electron chi connectivity index (χ1n) is 10.3. The van der Waals surface area contributed by atoms with Crippen molar-refractivity contribution in [2.45, 2.75) is 33.6 Å². The van der Waals surface area contributed by atoms with Crippen LogP contribution in [0.5, 0.6) is 0 Å². The maximum absolute atomic E-state index is 12.4. The maximum atomic E-state index is 12.4. The van der Waals surface area contributed by atoms with Crippen molar-refractivity contribution in [3.05, 3.63) is 63.2 Å². The van der Waals surface area contributed by atoms with Crippen molar-refractivity contribution in [2.75, 3.05) is 23.4 Å². The number of nitro groups is 1. The number of nitro benzene ring substituents is 1. The van der Waals surface area contributed by atoms with Crippen molar-refractivity contribution in [3.8, 4) is 0 Å². The largest absolute Gasteiger partial charge is 0.455 e. The lowest BCUT2D eigenvalue weighted by Gasteiger charge is -2.17. The molecule has 0 aromatic heterocycles. The van der Waals surface area contributed by atoms with Gasteiger partial charge in [-0.15, -0.1) is 0 Å². The number of ether oxygens (including phenoxy) is 1. The highest BCUT2D eigenvalue weighted by Gasteiger charge is 2.36. The molecule has 0 bridgehead atoms. The molecule has 1 atom stereocenters.